The van der Waals surface area contributed by atoms with Crippen LogP contribution in [0, 0.1) is 29.6 Å². The Hall–Kier alpha value is -3.17. The molecule has 0 radical (unpaired) electrons. The summed E-state index contributed by atoms with van der Waals surface area (Å²) >= 11 is 2.99. The van der Waals surface area contributed by atoms with Crippen molar-refractivity contribution in [3.8, 4) is 5.69 Å². The average molecular weight is 533 g/mol. The fraction of sp³-hybridized carbons (Fsp3) is 0.357. The van der Waals surface area contributed by atoms with Gasteiger partial charge in [0, 0.05) is 22.6 Å². The summed E-state index contributed by atoms with van der Waals surface area (Å²) in [7, 11) is 0. The third kappa shape index (κ3) is 3.26. The number of aromatic nitrogens is 1. The van der Waals surface area contributed by atoms with Gasteiger partial charge in [-0.05, 0) is 41.9 Å². The molecule has 4 aliphatic rings. The van der Waals surface area contributed by atoms with Crippen LogP contribution in [0.3, 0.4) is 0 Å². The van der Waals surface area contributed by atoms with Crippen molar-refractivity contribution in [1.29, 1.82) is 0 Å². The minimum Gasteiger partial charge on any atom is -0.481 e. The van der Waals surface area contributed by atoms with E-state index in [9.17, 15) is 19.2 Å². The van der Waals surface area contributed by atoms with Crippen molar-refractivity contribution in [2.24, 2.45) is 29.6 Å². The normalized spacial score (nSPS) is 31.4. The predicted molar refractivity (Wildman–Crippen MR) is 139 cm³/mol. The number of carbonyl (C=O) groups excluding carboxylic acids is 2. The van der Waals surface area contributed by atoms with Crippen molar-refractivity contribution in [3.63, 3.8) is 0 Å². The first-order chi connectivity index (χ1) is 18.0. The molecule has 2 saturated carbocycles. The second-order valence-corrected chi connectivity index (χ2v) is 12.5. The number of likely N-dealkylation sites (tertiary alicyclic amines) is 1. The van der Waals surface area contributed by atoms with E-state index >= 15 is 0 Å². The number of amides is 2. The third-order valence-electron chi connectivity index (χ3n) is 8.68. The zero-order chi connectivity index (χ0) is 25.4. The van der Waals surface area contributed by atoms with Crippen LogP contribution in [0.25, 0.3) is 5.69 Å². The molecule has 3 aromatic rings. The number of carboxylic acids is 1. The highest BCUT2D eigenvalue weighted by Gasteiger charge is 2.69. The van der Waals surface area contributed by atoms with Crippen molar-refractivity contribution < 1.29 is 19.5 Å². The van der Waals surface area contributed by atoms with Crippen LogP contribution in [0.15, 0.2) is 70.5 Å². The van der Waals surface area contributed by atoms with Gasteiger partial charge in [-0.3, -0.25) is 28.6 Å². The van der Waals surface area contributed by atoms with Gasteiger partial charge in [-0.1, -0.05) is 59.9 Å². The number of rotatable bonds is 5. The Morgan fingerprint density at radius 2 is 1.57 bits per heavy atom. The van der Waals surface area contributed by atoms with E-state index in [0.717, 1.165) is 27.6 Å². The van der Waals surface area contributed by atoms with Gasteiger partial charge in [-0.15, -0.1) is 11.8 Å². The first-order valence-electron chi connectivity index (χ1n) is 12.6. The van der Waals surface area contributed by atoms with Crippen LogP contribution >= 0.6 is 23.1 Å². The maximum absolute atomic E-state index is 13.5. The molecule has 3 fully saturated rings. The van der Waals surface area contributed by atoms with Crippen LogP contribution < -0.4 is 4.87 Å². The Morgan fingerprint density at radius 3 is 2.24 bits per heavy atom. The van der Waals surface area contributed by atoms with Gasteiger partial charge < -0.3 is 5.11 Å². The van der Waals surface area contributed by atoms with Gasteiger partial charge in [0.15, 0.2) is 0 Å². The smallest absolute Gasteiger partial charge is 0.312 e. The number of benzene rings is 2. The number of aliphatic carboxylic acids is 1. The molecule has 1 aromatic heterocycles. The van der Waals surface area contributed by atoms with Gasteiger partial charge in [0.2, 0.25) is 11.8 Å². The predicted octanol–water partition coefficient (Wildman–Crippen LogP) is 3.85. The number of imide groups is 1. The second-order valence-electron chi connectivity index (χ2n) is 10.3. The number of para-hydroxylation sites is 1. The van der Waals surface area contributed by atoms with Crippen molar-refractivity contribution >= 4 is 40.9 Å². The number of thiazole rings is 1. The first-order valence-corrected chi connectivity index (χ1v) is 14.2. The molecule has 37 heavy (non-hydrogen) atoms. The van der Waals surface area contributed by atoms with E-state index in [0.29, 0.717) is 0 Å². The molecule has 2 aromatic carbocycles. The molecular formula is C28H24N2O5S2. The lowest BCUT2D eigenvalue weighted by Crippen LogP contribution is -2.43. The van der Waals surface area contributed by atoms with E-state index in [-0.39, 0.29) is 58.6 Å². The Labute approximate surface area is 221 Å². The van der Waals surface area contributed by atoms with Crippen LogP contribution in [0.1, 0.15) is 29.2 Å². The summed E-state index contributed by atoms with van der Waals surface area (Å²) in [5, 5.41) is 10.2. The van der Waals surface area contributed by atoms with Crippen LogP contribution in [0.2, 0.25) is 0 Å². The van der Waals surface area contributed by atoms with E-state index < -0.39 is 17.8 Å². The van der Waals surface area contributed by atoms with Crippen molar-refractivity contribution in [3.05, 3.63) is 80.8 Å². The van der Waals surface area contributed by atoms with Crippen molar-refractivity contribution in [1.82, 2.24) is 9.47 Å². The summed E-state index contributed by atoms with van der Waals surface area (Å²) in [6.07, 6.45) is 0.580. The quantitative estimate of drug-likeness (QED) is 0.502. The summed E-state index contributed by atoms with van der Waals surface area (Å²) < 4.78 is 1.81. The molecule has 7 nitrogen and oxygen atoms in total. The van der Waals surface area contributed by atoms with Gasteiger partial charge in [-0.25, -0.2) is 0 Å². The maximum atomic E-state index is 13.5. The number of carbonyl (C=O) groups is 3. The molecule has 0 unspecified atom stereocenters. The molecule has 0 spiro atoms. The lowest BCUT2D eigenvalue weighted by molar-refractivity contribution is -0.142. The summed E-state index contributed by atoms with van der Waals surface area (Å²) in [6.45, 7) is -0.0646. The molecule has 2 aliphatic heterocycles. The average Bonchev–Trinajstić information content (AvgIpc) is 3.62. The summed E-state index contributed by atoms with van der Waals surface area (Å²) in [6, 6.07) is 19.9. The van der Waals surface area contributed by atoms with Crippen LogP contribution in [-0.2, 0) is 14.4 Å². The molecule has 2 amide bonds. The monoisotopic (exact) mass is 532 g/mol. The standard InChI is InChI=1S/C28H24N2O5S2/c31-18(32)11-12-29-25(33)21-16-13-17(22(21)26(29)34)23-20(16)19(14-7-3-1-4-8-14)24-27(36-23)30(28(35)37-24)15-9-5-2-6-10-15/h1-10,16-17,19-23H,11-13H2,(H,31,32)/t16-,17-,19-,20+,21+,22-,23-/m1/s1. The molecule has 7 rings (SSSR count). The largest absolute Gasteiger partial charge is 0.481 e. The highest BCUT2D eigenvalue weighted by Crippen LogP contribution is 2.68. The molecule has 2 aliphatic carbocycles. The van der Waals surface area contributed by atoms with E-state index in [1.165, 1.54) is 16.2 Å². The molecular weight excluding hydrogens is 508 g/mol. The van der Waals surface area contributed by atoms with Crippen LogP contribution in [0.4, 0.5) is 0 Å². The van der Waals surface area contributed by atoms with Gasteiger partial charge in [0.25, 0.3) is 0 Å². The molecule has 2 bridgehead atoms. The summed E-state index contributed by atoms with van der Waals surface area (Å²) in [5.41, 5.74) is 1.96. The molecule has 9 heteroatoms. The lowest BCUT2D eigenvalue weighted by atomic mass is 9.68. The Bertz CT molecular complexity index is 1480. The van der Waals surface area contributed by atoms with E-state index in [1.54, 1.807) is 16.3 Å². The fourth-order valence-electron chi connectivity index (χ4n) is 7.40. The van der Waals surface area contributed by atoms with Gasteiger partial charge >= 0.3 is 10.8 Å². The van der Waals surface area contributed by atoms with Gasteiger partial charge in [0.1, 0.15) is 0 Å². The van der Waals surface area contributed by atoms with E-state index in [1.807, 2.05) is 48.5 Å². The number of fused-ring (bicyclic) bond motifs is 9. The number of hydrogen-bond donors (Lipinski definition) is 1. The molecule has 1 saturated heterocycles. The number of hydrogen-bond acceptors (Lipinski definition) is 6. The number of thioether (sulfide) groups is 1. The zero-order valence-corrected chi connectivity index (χ0v) is 21.4. The topological polar surface area (TPSA) is 96.7 Å². The van der Waals surface area contributed by atoms with E-state index in [2.05, 4.69) is 12.1 Å². The SMILES string of the molecule is O=C(O)CCN1C(=O)[C@@H]2[C@H]3C[C@@H]([C@@H]2C1=O)[C@H]1[C@@H](c2ccccc2)c2sc(=O)n(-c4ccccc4)c2S[C@H]31. The minimum absolute atomic E-state index is 0.0230. The Morgan fingerprint density at radius 1 is 0.919 bits per heavy atom. The van der Waals surface area contributed by atoms with Gasteiger partial charge in [0.05, 0.1) is 29.0 Å². The van der Waals surface area contributed by atoms with Crippen molar-refractivity contribution in [2.75, 3.05) is 6.54 Å². The van der Waals surface area contributed by atoms with Crippen LogP contribution in [-0.4, -0.2) is 44.2 Å². The molecule has 1 N–H and O–H groups in total. The third-order valence-corrected chi connectivity index (χ3v) is 11.4. The molecule has 188 valence electrons. The number of nitrogens with zero attached hydrogens (tertiary/aromatic N) is 2. The summed E-state index contributed by atoms with van der Waals surface area (Å²) in [5.74, 6) is -2.08. The van der Waals surface area contributed by atoms with E-state index in [4.69, 9.17) is 5.11 Å². The molecule has 3 heterocycles. The maximum Gasteiger partial charge on any atom is 0.312 e. The Kier molecular flexibility index (Phi) is 5.23. The lowest BCUT2D eigenvalue weighted by Gasteiger charge is -2.43. The highest BCUT2D eigenvalue weighted by atomic mass is 32.2. The zero-order valence-electron chi connectivity index (χ0n) is 19.7. The first kappa shape index (κ1) is 23.0. The minimum atomic E-state index is -1.02. The van der Waals surface area contributed by atoms with Gasteiger partial charge in [-0.2, -0.15) is 0 Å². The highest BCUT2D eigenvalue weighted by molar-refractivity contribution is 8.00. The number of carboxylic acid groups (broad SMARTS) is 1. The molecule has 7 atom stereocenters. The van der Waals surface area contributed by atoms with Crippen molar-refractivity contribution in [2.45, 2.75) is 29.0 Å². The Balaban J connectivity index is 1.35. The second kappa shape index (κ2) is 8.43. The summed E-state index contributed by atoms with van der Waals surface area (Å²) in [4.78, 5) is 53.6. The van der Waals surface area contributed by atoms with Crippen LogP contribution in [0.5, 0.6) is 0 Å². The fourth-order valence-corrected chi connectivity index (χ4v) is 10.6.